The van der Waals surface area contributed by atoms with Crippen LogP contribution in [0.3, 0.4) is 0 Å². The summed E-state index contributed by atoms with van der Waals surface area (Å²) < 4.78 is 0. The van der Waals surface area contributed by atoms with Gasteiger partial charge in [0.05, 0.1) is 36.5 Å². The number of hydrogen-bond acceptors (Lipinski definition) is 17. The van der Waals surface area contributed by atoms with Crippen molar-refractivity contribution in [3.05, 3.63) is 57.6 Å². The Morgan fingerprint density at radius 2 is 0.964 bits per heavy atom. The number of aryl methyl sites for hydroxylation is 2. The van der Waals surface area contributed by atoms with E-state index in [2.05, 4.69) is 25.8 Å². The first-order chi connectivity index (χ1) is 26.5. The first kappa shape index (κ1) is 46.8. The molecule has 1 fully saturated rings. The van der Waals surface area contributed by atoms with Gasteiger partial charge in [0, 0.05) is 63.5 Å². The van der Waals surface area contributed by atoms with Crippen LogP contribution in [0.15, 0.2) is 24.3 Å². The van der Waals surface area contributed by atoms with Crippen molar-refractivity contribution in [1.82, 2.24) is 25.8 Å². The van der Waals surface area contributed by atoms with Crippen LogP contribution >= 0.6 is 0 Å². The van der Waals surface area contributed by atoms with Crippen molar-refractivity contribution in [2.45, 2.75) is 82.2 Å². The molecule has 0 aliphatic carbocycles. The minimum Gasteiger partial charge on any atom is -0.507 e. The van der Waals surface area contributed by atoms with Gasteiger partial charge in [0.2, 0.25) is 0 Å². The molecule has 0 radical (unpaired) electrons. The van der Waals surface area contributed by atoms with Gasteiger partial charge in [0.15, 0.2) is 0 Å². The molecule has 316 valence electrons. The maximum atomic E-state index is 13.0. The molecule has 19 heteroatoms. The van der Waals surface area contributed by atoms with Crippen LogP contribution in [0, 0.1) is 13.8 Å². The van der Waals surface area contributed by atoms with Crippen LogP contribution in [0.4, 0.5) is 0 Å². The lowest BCUT2D eigenvalue weighted by atomic mass is 10.0. The van der Waals surface area contributed by atoms with E-state index in [1.807, 2.05) is 0 Å². The fourth-order valence-corrected chi connectivity index (χ4v) is 6.39. The Morgan fingerprint density at radius 1 is 0.607 bits per heavy atom. The molecule has 2 aromatic carbocycles. The van der Waals surface area contributed by atoms with Crippen molar-refractivity contribution in [3.8, 4) is 11.5 Å². The first-order valence-electron chi connectivity index (χ1n) is 18.5. The van der Waals surface area contributed by atoms with Crippen molar-refractivity contribution < 1.29 is 70.9 Å². The zero-order chi connectivity index (χ0) is 41.7. The van der Waals surface area contributed by atoms with E-state index in [-0.39, 0.29) is 22.6 Å². The topological polar surface area (TPSA) is 319 Å². The number of aliphatic hydroxyl groups is 10. The van der Waals surface area contributed by atoms with Crippen molar-refractivity contribution in [1.29, 1.82) is 0 Å². The van der Waals surface area contributed by atoms with Crippen LogP contribution in [-0.2, 0) is 13.1 Å². The van der Waals surface area contributed by atoms with E-state index in [0.717, 1.165) is 0 Å². The molecule has 0 spiro atoms. The van der Waals surface area contributed by atoms with E-state index in [1.54, 1.807) is 26.0 Å². The van der Waals surface area contributed by atoms with Crippen LogP contribution in [0.25, 0.3) is 0 Å². The third kappa shape index (κ3) is 13.3. The molecule has 1 saturated heterocycles. The van der Waals surface area contributed by atoms with Gasteiger partial charge in [-0.2, -0.15) is 0 Å². The molecule has 0 bridgehead atoms. The molecule has 1 aliphatic heterocycles. The second kappa shape index (κ2) is 22.4. The Morgan fingerprint density at radius 3 is 1.32 bits per heavy atom. The van der Waals surface area contributed by atoms with Crippen LogP contribution in [0.5, 0.6) is 11.5 Å². The fraction of sp³-hybridized carbons (Fsp3) is 0.622. The Labute approximate surface area is 325 Å². The van der Waals surface area contributed by atoms with Crippen LogP contribution in [-0.4, -0.2) is 197 Å². The normalized spacial score (nSPS) is 19.2. The maximum absolute atomic E-state index is 13.0. The summed E-state index contributed by atoms with van der Waals surface area (Å²) in [6.45, 7) is 5.09. The van der Waals surface area contributed by atoms with Crippen LogP contribution in [0.1, 0.15) is 49.4 Å². The lowest BCUT2D eigenvalue weighted by molar-refractivity contribution is -0.113. The second-order valence-electron chi connectivity index (χ2n) is 14.3. The zero-order valence-electron chi connectivity index (χ0n) is 31.7. The lowest BCUT2D eigenvalue weighted by Gasteiger charge is -2.29. The summed E-state index contributed by atoms with van der Waals surface area (Å²) in [5, 5.41) is 128. The average molecular weight is 798 g/mol. The molecule has 0 aromatic heterocycles. The van der Waals surface area contributed by atoms with Crippen LogP contribution in [0.2, 0.25) is 0 Å². The van der Waals surface area contributed by atoms with E-state index in [0.29, 0.717) is 81.0 Å². The molecule has 19 nitrogen and oxygen atoms in total. The van der Waals surface area contributed by atoms with Gasteiger partial charge in [-0.25, -0.2) is 0 Å². The molecular formula is C37H59N5O14. The molecule has 3 rings (SSSR count). The SMILES string of the molecule is Cc1cc(CN2CCCN(Cc3cc(C)cc(C(=O)NCC(O)C(O)C(O)C(O)CO)c3O)CCNCC2)c(O)c(C(=O)NCC(O)C(O)C(O)C(O)CO)c1. The lowest BCUT2D eigenvalue weighted by Crippen LogP contribution is -2.49. The van der Waals surface area contributed by atoms with E-state index in [4.69, 9.17) is 10.2 Å². The number of aliphatic hydroxyl groups excluding tert-OH is 10. The van der Waals surface area contributed by atoms with Gasteiger partial charge in [0.25, 0.3) is 11.8 Å². The third-order valence-electron chi connectivity index (χ3n) is 9.70. The van der Waals surface area contributed by atoms with E-state index < -0.39 is 86.9 Å². The van der Waals surface area contributed by atoms with Gasteiger partial charge < -0.3 is 77.2 Å². The number of carbonyl (C=O) groups is 2. The number of hydrogen-bond donors (Lipinski definition) is 15. The largest absolute Gasteiger partial charge is 0.507 e. The highest BCUT2D eigenvalue weighted by atomic mass is 16.4. The zero-order valence-corrected chi connectivity index (χ0v) is 31.7. The number of carbonyl (C=O) groups excluding carboxylic acids is 2. The Hall–Kier alpha value is -3.54. The smallest absolute Gasteiger partial charge is 0.255 e. The minimum absolute atomic E-state index is 0.0561. The van der Waals surface area contributed by atoms with E-state index >= 15 is 0 Å². The molecule has 2 amide bonds. The summed E-state index contributed by atoms with van der Waals surface area (Å²) >= 11 is 0. The predicted molar refractivity (Wildman–Crippen MR) is 201 cm³/mol. The van der Waals surface area contributed by atoms with Gasteiger partial charge in [-0.05, 0) is 56.6 Å². The molecule has 2 aromatic rings. The monoisotopic (exact) mass is 797 g/mol. The predicted octanol–water partition coefficient (Wildman–Crippen LogP) is -4.66. The van der Waals surface area contributed by atoms with Gasteiger partial charge in [-0.1, -0.05) is 12.1 Å². The number of phenolic OH excluding ortho intramolecular Hbond substituents is 2. The Bertz CT molecular complexity index is 1460. The van der Waals surface area contributed by atoms with E-state index in [9.17, 15) is 60.7 Å². The summed E-state index contributed by atoms with van der Waals surface area (Å²) in [4.78, 5) is 30.3. The van der Waals surface area contributed by atoms with Gasteiger partial charge in [-0.15, -0.1) is 0 Å². The second-order valence-corrected chi connectivity index (χ2v) is 14.3. The summed E-state index contributed by atoms with van der Waals surface area (Å²) in [5.74, 6) is -1.99. The standard InChI is InChI=1S/C37H59N5O14/c1-20-10-22(30(49)24(12-20)36(55)39-14-26(45)32(51)34(53)28(47)18-43)16-41-6-3-7-42(9-5-38-4-8-41)17-23-11-21(2)13-25(31(23)50)37(56)40-15-27(46)33(52)35(54)29(48)19-44/h10-13,26-29,32-35,38,43-54H,3-9,14-19H2,1-2H3,(H,39,55)(H,40,56). The third-order valence-corrected chi connectivity index (χ3v) is 9.70. The molecule has 1 aliphatic rings. The number of benzene rings is 2. The number of phenols is 2. The first-order valence-corrected chi connectivity index (χ1v) is 18.5. The summed E-state index contributed by atoms with van der Waals surface area (Å²) in [6, 6.07) is 6.48. The highest BCUT2D eigenvalue weighted by molar-refractivity contribution is 5.98. The number of rotatable bonds is 18. The summed E-state index contributed by atoms with van der Waals surface area (Å²) in [6.07, 6.45) is -13.5. The summed E-state index contributed by atoms with van der Waals surface area (Å²) in [7, 11) is 0. The molecule has 15 N–H and O–H groups in total. The van der Waals surface area contributed by atoms with Crippen molar-refractivity contribution in [2.24, 2.45) is 0 Å². The molecule has 8 atom stereocenters. The van der Waals surface area contributed by atoms with Crippen LogP contribution < -0.4 is 16.0 Å². The van der Waals surface area contributed by atoms with Gasteiger partial charge in [0.1, 0.15) is 48.1 Å². The molecular weight excluding hydrogens is 738 g/mol. The van der Waals surface area contributed by atoms with Crippen molar-refractivity contribution in [2.75, 3.05) is 65.6 Å². The number of amides is 2. The van der Waals surface area contributed by atoms with E-state index in [1.165, 1.54) is 12.1 Å². The molecule has 0 saturated carbocycles. The summed E-state index contributed by atoms with van der Waals surface area (Å²) in [5.41, 5.74) is 2.24. The maximum Gasteiger partial charge on any atom is 0.255 e. The minimum atomic E-state index is -1.86. The Kier molecular flexibility index (Phi) is 18.7. The fourth-order valence-electron chi connectivity index (χ4n) is 6.39. The van der Waals surface area contributed by atoms with Crippen molar-refractivity contribution >= 4 is 11.8 Å². The quantitative estimate of drug-likeness (QED) is 0.0674. The van der Waals surface area contributed by atoms with Gasteiger partial charge >= 0.3 is 0 Å². The van der Waals surface area contributed by atoms with Crippen molar-refractivity contribution in [3.63, 3.8) is 0 Å². The number of nitrogens with zero attached hydrogens (tertiary/aromatic N) is 2. The molecule has 1 heterocycles. The molecule has 8 unspecified atom stereocenters. The number of aromatic hydroxyl groups is 2. The highest BCUT2D eigenvalue weighted by Gasteiger charge is 2.32. The highest BCUT2D eigenvalue weighted by Crippen LogP contribution is 2.28. The average Bonchev–Trinajstić information content (AvgIpc) is 3.18. The Balaban J connectivity index is 1.64. The molecule has 56 heavy (non-hydrogen) atoms. The van der Waals surface area contributed by atoms with Gasteiger partial charge in [-0.3, -0.25) is 19.4 Å². The number of nitrogens with one attached hydrogen (secondary N) is 3.